The maximum atomic E-state index is 12.6. The summed E-state index contributed by atoms with van der Waals surface area (Å²) in [5.41, 5.74) is 0.667. The molecule has 1 atom stereocenters. The molecular weight excluding hydrogens is 364 g/mol. The number of amides is 1. The van der Waals surface area contributed by atoms with Crippen LogP contribution in [0.4, 0.5) is 0 Å². The highest BCUT2D eigenvalue weighted by atomic mass is 35.5. The molecule has 0 radical (unpaired) electrons. The van der Waals surface area contributed by atoms with Gasteiger partial charge >= 0.3 is 0 Å². The van der Waals surface area contributed by atoms with Crippen molar-refractivity contribution in [1.82, 2.24) is 9.62 Å². The van der Waals surface area contributed by atoms with E-state index in [1.54, 1.807) is 31.4 Å². The van der Waals surface area contributed by atoms with E-state index >= 15 is 0 Å². The molecule has 1 heterocycles. The van der Waals surface area contributed by atoms with E-state index < -0.39 is 10.0 Å². The molecule has 1 saturated heterocycles. The Morgan fingerprint density at radius 1 is 1.40 bits per heavy atom. The minimum absolute atomic E-state index is 0.0311. The summed E-state index contributed by atoms with van der Waals surface area (Å²) in [6.45, 7) is 3.06. The van der Waals surface area contributed by atoms with Gasteiger partial charge in [-0.25, -0.2) is 12.7 Å². The zero-order valence-corrected chi connectivity index (χ0v) is 16.1. The second kappa shape index (κ2) is 8.98. The van der Waals surface area contributed by atoms with Crippen LogP contribution in [0.15, 0.2) is 24.3 Å². The third kappa shape index (κ3) is 5.95. The predicted octanol–water partition coefficient (Wildman–Crippen LogP) is 2.03. The van der Waals surface area contributed by atoms with Gasteiger partial charge in [0.2, 0.25) is 15.9 Å². The van der Waals surface area contributed by atoms with Crippen LogP contribution in [0.3, 0.4) is 0 Å². The molecule has 1 amide bonds. The number of nitrogens with zero attached hydrogens (tertiary/aromatic N) is 1. The molecule has 0 unspecified atom stereocenters. The molecule has 0 spiro atoms. The fourth-order valence-electron chi connectivity index (χ4n) is 2.98. The number of nitrogens with one attached hydrogen (secondary N) is 1. The normalized spacial score (nSPS) is 18.0. The molecule has 1 aromatic rings. The molecule has 0 bridgehead atoms. The monoisotopic (exact) mass is 388 g/mol. The molecule has 0 saturated carbocycles. The van der Waals surface area contributed by atoms with Crippen molar-refractivity contribution in [2.45, 2.75) is 31.6 Å². The Balaban J connectivity index is 1.89. The van der Waals surface area contributed by atoms with Crippen LogP contribution in [-0.4, -0.2) is 51.5 Å². The van der Waals surface area contributed by atoms with Crippen LogP contribution in [0.5, 0.6) is 0 Å². The first kappa shape index (κ1) is 20.2. The lowest BCUT2D eigenvalue weighted by Crippen LogP contribution is -2.45. The van der Waals surface area contributed by atoms with Crippen LogP contribution in [0.1, 0.15) is 25.3 Å². The summed E-state index contributed by atoms with van der Waals surface area (Å²) in [6.07, 6.45) is 1.06. The van der Waals surface area contributed by atoms with Crippen molar-refractivity contribution in [3.8, 4) is 0 Å². The van der Waals surface area contributed by atoms with Crippen LogP contribution in [0, 0.1) is 5.92 Å². The van der Waals surface area contributed by atoms with Gasteiger partial charge in [0.15, 0.2) is 0 Å². The summed E-state index contributed by atoms with van der Waals surface area (Å²) in [4.78, 5) is 12.2. The predicted molar refractivity (Wildman–Crippen MR) is 97.9 cm³/mol. The van der Waals surface area contributed by atoms with Crippen molar-refractivity contribution < 1.29 is 17.9 Å². The number of hydrogen-bond donors (Lipinski definition) is 1. The highest BCUT2D eigenvalue weighted by Crippen LogP contribution is 2.22. The molecule has 1 aliphatic rings. The average Bonchev–Trinajstić information content (AvgIpc) is 2.54. The molecule has 8 heteroatoms. The Labute approximate surface area is 154 Å². The van der Waals surface area contributed by atoms with Gasteiger partial charge in [-0.2, -0.15) is 0 Å². The quantitative estimate of drug-likeness (QED) is 0.775. The summed E-state index contributed by atoms with van der Waals surface area (Å²) in [5.74, 6) is -0.261. The van der Waals surface area contributed by atoms with Crippen molar-refractivity contribution in [3.05, 3.63) is 34.9 Å². The van der Waals surface area contributed by atoms with E-state index in [0.29, 0.717) is 43.1 Å². The number of carbonyl (C=O) groups is 1. The summed E-state index contributed by atoms with van der Waals surface area (Å²) < 4.78 is 31.6. The van der Waals surface area contributed by atoms with Gasteiger partial charge in [0, 0.05) is 37.2 Å². The van der Waals surface area contributed by atoms with Crippen LogP contribution in [-0.2, 0) is 25.3 Å². The smallest absolute Gasteiger partial charge is 0.223 e. The topological polar surface area (TPSA) is 75.7 Å². The van der Waals surface area contributed by atoms with Gasteiger partial charge in [0.05, 0.1) is 12.4 Å². The SMILES string of the molecule is COC[C@H](C)NC(=O)C1CCN(S(=O)(=O)Cc2cccc(Cl)c2)CC1. The first-order chi connectivity index (χ1) is 11.8. The van der Waals surface area contributed by atoms with Crippen molar-refractivity contribution >= 4 is 27.5 Å². The average molecular weight is 389 g/mol. The lowest BCUT2D eigenvalue weighted by atomic mass is 9.97. The van der Waals surface area contributed by atoms with E-state index in [4.69, 9.17) is 16.3 Å². The van der Waals surface area contributed by atoms with Gasteiger partial charge in [-0.15, -0.1) is 0 Å². The molecule has 0 aromatic heterocycles. The number of carbonyl (C=O) groups excluding carboxylic acids is 1. The third-order valence-corrected chi connectivity index (χ3v) is 6.35. The molecule has 25 heavy (non-hydrogen) atoms. The van der Waals surface area contributed by atoms with Crippen molar-refractivity contribution in [2.24, 2.45) is 5.92 Å². The molecule has 0 aliphatic carbocycles. The Kier molecular flexibility index (Phi) is 7.25. The fourth-order valence-corrected chi connectivity index (χ4v) is 4.74. The highest BCUT2D eigenvalue weighted by Gasteiger charge is 2.31. The van der Waals surface area contributed by atoms with Gasteiger partial charge in [-0.3, -0.25) is 4.79 Å². The molecule has 1 aliphatic heterocycles. The largest absolute Gasteiger partial charge is 0.383 e. The highest BCUT2D eigenvalue weighted by molar-refractivity contribution is 7.88. The molecule has 2 rings (SSSR count). The molecule has 1 fully saturated rings. The van der Waals surface area contributed by atoms with Crippen LogP contribution in [0.25, 0.3) is 0 Å². The Hall–Kier alpha value is -1.15. The molecular formula is C17H25ClN2O4S. The van der Waals surface area contributed by atoms with Crippen LogP contribution < -0.4 is 5.32 Å². The summed E-state index contributed by atoms with van der Waals surface area (Å²) in [7, 11) is -1.82. The Bertz CT molecular complexity index is 688. The Morgan fingerprint density at radius 2 is 2.08 bits per heavy atom. The number of piperidine rings is 1. The summed E-state index contributed by atoms with van der Waals surface area (Å²) in [5, 5.41) is 3.43. The maximum Gasteiger partial charge on any atom is 0.223 e. The summed E-state index contributed by atoms with van der Waals surface area (Å²) >= 11 is 5.92. The number of rotatable bonds is 7. The standard InChI is InChI=1S/C17H25ClN2O4S/c1-13(11-24-2)19-17(21)15-6-8-20(9-7-15)25(22,23)12-14-4-3-5-16(18)10-14/h3-5,10,13,15H,6-9,11-12H2,1-2H3,(H,19,21)/t13-/m0/s1. The number of sulfonamides is 1. The van der Waals surface area contributed by atoms with E-state index in [-0.39, 0.29) is 23.6 Å². The van der Waals surface area contributed by atoms with E-state index in [1.807, 2.05) is 6.92 Å². The lowest BCUT2D eigenvalue weighted by Gasteiger charge is -2.31. The molecule has 1 N–H and O–H groups in total. The number of benzene rings is 1. The van der Waals surface area contributed by atoms with Gasteiger partial charge in [0.25, 0.3) is 0 Å². The molecule has 6 nitrogen and oxygen atoms in total. The second-order valence-electron chi connectivity index (χ2n) is 6.42. The van der Waals surface area contributed by atoms with Crippen molar-refractivity contribution in [3.63, 3.8) is 0 Å². The second-order valence-corrected chi connectivity index (χ2v) is 8.83. The number of ether oxygens (including phenoxy) is 1. The molecule has 1 aromatic carbocycles. The number of methoxy groups -OCH3 is 1. The van der Waals surface area contributed by atoms with Gasteiger partial charge in [-0.1, -0.05) is 23.7 Å². The lowest BCUT2D eigenvalue weighted by molar-refractivity contribution is -0.127. The van der Waals surface area contributed by atoms with Crippen molar-refractivity contribution in [2.75, 3.05) is 26.8 Å². The zero-order valence-electron chi connectivity index (χ0n) is 14.6. The minimum Gasteiger partial charge on any atom is -0.383 e. The third-order valence-electron chi connectivity index (χ3n) is 4.26. The van der Waals surface area contributed by atoms with Crippen LogP contribution >= 0.6 is 11.6 Å². The first-order valence-corrected chi connectivity index (χ1v) is 10.3. The minimum atomic E-state index is -3.41. The van der Waals surface area contributed by atoms with E-state index in [2.05, 4.69) is 5.32 Å². The van der Waals surface area contributed by atoms with Gasteiger partial charge < -0.3 is 10.1 Å². The molecule has 140 valence electrons. The Morgan fingerprint density at radius 3 is 2.68 bits per heavy atom. The maximum absolute atomic E-state index is 12.6. The number of hydrogen-bond acceptors (Lipinski definition) is 4. The van der Waals surface area contributed by atoms with E-state index in [0.717, 1.165) is 0 Å². The van der Waals surface area contributed by atoms with E-state index in [9.17, 15) is 13.2 Å². The zero-order chi connectivity index (χ0) is 18.4. The van der Waals surface area contributed by atoms with E-state index in [1.165, 1.54) is 4.31 Å². The number of halogens is 1. The van der Waals surface area contributed by atoms with Gasteiger partial charge in [-0.05, 0) is 37.5 Å². The summed E-state index contributed by atoms with van der Waals surface area (Å²) in [6, 6.07) is 6.82. The van der Waals surface area contributed by atoms with Gasteiger partial charge in [0.1, 0.15) is 0 Å². The van der Waals surface area contributed by atoms with Crippen molar-refractivity contribution in [1.29, 1.82) is 0 Å². The van der Waals surface area contributed by atoms with Crippen LogP contribution in [0.2, 0.25) is 5.02 Å². The fraction of sp³-hybridized carbons (Fsp3) is 0.588. The first-order valence-electron chi connectivity index (χ1n) is 8.33.